The number of alkyl halides is 2. The molecule has 4 nitrogen and oxygen atoms in total. The van der Waals surface area contributed by atoms with E-state index in [-0.39, 0.29) is 30.3 Å². The lowest BCUT2D eigenvalue weighted by atomic mass is 9.71. The summed E-state index contributed by atoms with van der Waals surface area (Å²) in [6, 6.07) is 8.07. The Hall–Kier alpha value is -3.09. The molecule has 1 fully saturated rings. The number of halogens is 3. The molecule has 7 heteroatoms. The van der Waals surface area contributed by atoms with Crippen molar-refractivity contribution in [2.75, 3.05) is 5.32 Å². The summed E-state index contributed by atoms with van der Waals surface area (Å²) in [6.45, 7) is 8.18. The zero-order valence-electron chi connectivity index (χ0n) is 19.4. The Kier molecular flexibility index (Phi) is 5.34. The van der Waals surface area contributed by atoms with E-state index in [1.165, 1.54) is 12.1 Å². The van der Waals surface area contributed by atoms with Gasteiger partial charge in [0, 0.05) is 36.1 Å². The van der Waals surface area contributed by atoms with Gasteiger partial charge < -0.3 is 5.32 Å². The molecule has 1 atom stereocenters. The Labute approximate surface area is 196 Å². The maximum atomic E-state index is 13.9. The van der Waals surface area contributed by atoms with Crippen molar-refractivity contribution >= 4 is 22.7 Å². The molecular formula is C27H28F3N3O. The molecular weight excluding hydrogens is 439 g/mol. The van der Waals surface area contributed by atoms with E-state index in [9.17, 15) is 18.0 Å². The van der Waals surface area contributed by atoms with E-state index in [0.29, 0.717) is 48.1 Å². The van der Waals surface area contributed by atoms with Crippen molar-refractivity contribution < 1.29 is 13.2 Å². The fraction of sp³-hybridized carbons (Fsp3) is 0.407. The normalized spacial score (nSPS) is 19.2. The van der Waals surface area contributed by atoms with Gasteiger partial charge in [0.25, 0.3) is 5.56 Å². The molecule has 2 aliphatic rings. The Morgan fingerprint density at radius 3 is 2.59 bits per heavy atom. The molecule has 34 heavy (non-hydrogen) atoms. The Morgan fingerprint density at radius 1 is 1.15 bits per heavy atom. The van der Waals surface area contributed by atoms with Crippen LogP contribution in [0.1, 0.15) is 67.6 Å². The van der Waals surface area contributed by atoms with Crippen molar-refractivity contribution in [1.82, 2.24) is 9.55 Å². The molecule has 5 rings (SSSR count). The first-order valence-electron chi connectivity index (χ1n) is 11.7. The van der Waals surface area contributed by atoms with Gasteiger partial charge in [-0.15, -0.1) is 0 Å². The van der Waals surface area contributed by atoms with Gasteiger partial charge in [0.2, 0.25) is 5.92 Å². The summed E-state index contributed by atoms with van der Waals surface area (Å²) in [6.07, 6.45) is 2.59. The summed E-state index contributed by atoms with van der Waals surface area (Å²) in [5, 5.41) is 3.94. The summed E-state index contributed by atoms with van der Waals surface area (Å²) >= 11 is 0. The van der Waals surface area contributed by atoms with E-state index in [1.54, 1.807) is 16.7 Å². The van der Waals surface area contributed by atoms with Crippen molar-refractivity contribution in [2.45, 2.75) is 69.9 Å². The molecule has 1 unspecified atom stereocenters. The number of aryl methyl sites for hydroxylation is 1. The highest BCUT2D eigenvalue weighted by Crippen LogP contribution is 2.49. The summed E-state index contributed by atoms with van der Waals surface area (Å²) in [5.74, 6) is -2.34. The molecule has 1 aliphatic carbocycles. The van der Waals surface area contributed by atoms with E-state index in [1.807, 2.05) is 26.0 Å². The molecule has 2 heterocycles. The van der Waals surface area contributed by atoms with Gasteiger partial charge in [0.15, 0.2) is 0 Å². The number of fused-ring (bicyclic) bond motifs is 3. The predicted octanol–water partition coefficient (Wildman–Crippen LogP) is 6.51. The SMILES string of the molecule is C=Cc1cc(F)ccc1NC(C)c1cc(C)cc2c(=O)n3c(nc12)C1(CC3)CCC(F)(F)CC1. The molecule has 2 aromatic carbocycles. The van der Waals surface area contributed by atoms with Crippen molar-refractivity contribution in [1.29, 1.82) is 0 Å². The quantitative estimate of drug-likeness (QED) is 0.476. The molecule has 0 radical (unpaired) electrons. The molecule has 1 aliphatic heterocycles. The second-order valence-corrected chi connectivity index (χ2v) is 9.83. The van der Waals surface area contributed by atoms with E-state index in [2.05, 4.69) is 11.9 Å². The van der Waals surface area contributed by atoms with E-state index < -0.39 is 11.3 Å². The van der Waals surface area contributed by atoms with Gasteiger partial charge in [-0.2, -0.15) is 0 Å². The maximum absolute atomic E-state index is 13.9. The first-order valence-corrected chi connectivity index (χ1v) is 11.7. The fourth-order valence-corrected chi connectivity index (χ4v) is 5.60. The highest BCUT2D eigenvalue weighted by Gasteiger charge is 2.49. The fourth-order valence-electron chi connectivity index (χ4n) is 5.60. The smallest absolute Gasteiger partial charge is 0.261 e. The van der Waals surface area contributed by atoms with Crippen LogP contribution in [0.5, 0.6) is 0 Å². The van der Waals surface area contributed by atoms with Crippen LogP contribution in [0.3, 0.4) is 0 Å². The summed E-state index contributed by atoms with van der Waals surface area (Å²) < 4.78 is 43.2. The molecule has 3 aromatic rings. The van der Waals surface area contributed by atoms with Crippen molar-refractivity contribution in [3.8, 4) is 0 Å². The minimum absolute atomic E-state index is 0.111. The van der Waals surface area contributed by atoms with Gasteiger partial charge >= 0.3 is 0 Å². The van der Waals surface area contributed by atoms with Crippen LogP contribution in [0.15, 0.2) is 41.7 Å². The number of hydrogen-bond acceptors (Lipinski definition) is 3. The van der Waals surface area contributed by atoms with Crippen molar-refractivity contribution in [2.24, 2.45) is 0 Å². The molecule has 0 bridgehead atoms. The monoisotopic (exact) mass is 467 g/mol. The maximum Gasteiger partial charge on any atom is 0.261 e. The van der Waals surface area contributed by atoms with Gasteiger partial charge in [-0.25, -0.2) is 18.2 Å². The van der Waals surface area contributed by atoms with E-state index in [4.69, 9.17) is 4.98 Å². The molecule has 178 valence electrons. The van der Waals surface area contributed by atoms with Crippen LogP contribution in [0, 0.1) is 12.7 Å². The van der Waals surface area contributed by atoms with Crippen molar-refractivity contribution in [3.05, 3.63) is 75.6 Å². The lowest BCUT2D eigenvalue weighted by molar-refractivity contribution is -0.0523. The van der Waals surface area contributed by atoms with Crippen LogP contribution in [-0.4, -0.2) is 15.5 Å². The minimum atomic E-state index is -2.64. The third-order valence-electron chi connectivity index (χ3n) is 7.53. The highest BCUT2D eigenvalue weighted by atomic mass is 19.3. The Balaban J connectivity index is 1.61. The molecule has 0 saturated heterocycles. The molecule has 1 aromatic heterocycles. The number of hydrogen-bond donors (Lipinski definition) is 1. The summed E-state index contributed by atoms with van der Waals surface area (Å²) in [7, 11) is 0. The number of rotatable bonds is 4. The number of nitrogens with one attached hydrogen (secondary N) is 1. The van der Waals surface area contributed by atoms with Crippen LogP contribution in [0.4, 0.5) is 18.9 Å². The standard InChI is InChI=1S/C27H28F3N3O/c1-4-18-15-19(28)5-6-22(18)31-17(3)20-13-16(2)14-21-23(20)32-25-26(11-12-33(25)24(21)34)7-9-27(29,30)10-8-26/h4-6,13-15,17,31H,1,7-12H2,2-3H3. The summed E-state index contributed by atoms with van der Waals surface area (Å²) in [4.78, 5) is 18.5. The molecule has 1 saturated carbocycles. The van der Waals surface area contributed by atoms with Crippen LogP contribution in [0.25, 0.3) is 17.0 Å². The first-order chi connectivity index (χ1) is 16.1. The zero-order valence-corrected chi connectivity index (χ0v) is 19.4. The minimum Gasteiger partial charge on any atom is -0.378 e. The van der Waals surface area contributed by atoms with Gasteiger partial charge in [0.1, 0.15) is 11.6 Å². The largest absolute Gasteiger partial charge is 0.378 e. The topological polar surface area (TPSA) is 46.9 Å². The second kappa shape index (κ2) is 8.00. The van der Waals surface area contributed by atoms with E-state index >= 15 is 0 Å². The Bertz CT molecular complexity index is 1350. The summed E-state index contributed by atoms with van der Waals surface area (Å²) in [5.41, 5.74) is 3.16. The third kappa shape index (κ3) is 3.71. The lowest BCUT2D eigenvalue weighted by Crippen LogP contribution is -2.37. The van der Waals surface area contributed by atoms with Crippen LogP contribution >= 0.6 is 0 Å². The third-order valence-corrected chi connectivity index (χ3v) is 7.53. The number of nitrogens with zero attached hydrogens (tertiary/aromatic N) is 2. The Morgan fingerprint density at radius 2 is 1.88 bits per heavy atom. The average molecular weight is 468 g/mol. The second-order valence-electron chi connectivity index (χ2n) is 9.83. The lowest BCUT2D eigenvalue weighted by Gasteiger charge is -2.36. The zero-order chi connectivity index (χ0) is 24.3. The van der Waals surface area contributed by atoms with Gasteiger partial charge in [0.05, 0.1) is 16.9 Å². The number of benzene rings is 2. The van der Waals surface area contributed by atoms with Gasteiger partial charge in [-0.05, 0) is 68.5 Å². The number of aromatic nitrogens is 2. The molecule has 0 amide bonds. The van der Waals surface area contributed by atoms with Crippen molar-refractivity contribution in [3.63, 3.8) is 0 Å². The van der Waals surface area contributed by atoms with Crippen LogP contribution in [0.2, 0.25) is 0 Å². The van der Waals surface area contributed by atoms with Crippen LogP contribution in [-0.2, 0) is 12.0 Å². The first kappa shape index (κ1) is 22.7. The van der Waals surface area contributed by atoms with E-state index in [0.717, 1.165) is 16.8 Å². The van der Waals surface area contributed by atoms with Gasteiger partial charge in [-0.1, -0.05) is 18.7 Å². The molecule has 1 spiro atoms. The van der Waals surface area contributed by atoms with Gasteiger partial charge in [-0.3, -0.25) is 9.36 Å². The average Bonchev–Trinajstić information content (AvgIpc) is 3.16. The predicted molar refractivity (Wildman–Crippen MR) is 129 cm³/mol. The van der Waals surface area contributed by atoms with Crippen LogP contribution < -0.4 is 10.9 Å². The number of anilines is 1. The molecule has 1 N–H and O–H groups in total. The highest BCUT2D eigenvalue weighted by molar-refractivity contribution is 5.83.